The van der Waals surface area contributed by atoms with Gasteiger partial charge in [0.15, 0.2) is 5.60 Å². The van der Waals surface area contributed by atoms with Crippen LogP contribution in [-0.2, 0) is 16.1 Å². The van der Waals surface area contributed by atoms with Crippen LogP contribution in [0.2, 0.25) is 0 Å². The van der Waals surface area contributed by atoms with Gasteiger partial charge in [-0.3, -0.25) is 0 Å². The minimum Gasteiger partial charge on any atom is -0.490 e. The van der Waals surface area contributed by atoms with Crippen LogP contribution in [0.15, 0.2) is 24.3 Å². The van der Waals surface area contributed by atoms with Crippen molar-refractivity contribution < 1.29 is 24.5 Å². The van der Waals surface area contributed by atoms with Crippen molar-refractivity contribution >= 4 is 5.97 Å². The van der Waals surface area contributed by atoms with Gasteiger partial charge in [0.25, 0.3) is 0 Å². The predicted molar refractivity (Wildman–Crippen MR) is 60.5 cm³/mol. The highest BCUT2D eigenvalue weighted by atomic mass is 16.6. The van der Waals surface area contributed by atoms with Crippen molar-refractivity contribution in [3.63, 3.8) is 0 Å². The molecule has 1 atom stereocenters. The molecule has 1 aromatic rings. The van der Waals surface area contributed by atoms with Gasteiger partial charge in [0, 0.05) is 0 Å². The summed E-state index contributed by atoms with van der Waals surface area (Å²) in [5.41, 5.74) is -0.915. The Bertz CT molecular complexity index is 369. The lowest BCUT2D eigenvalue weighted by atomic mass is 10.1. The fourth-order valence-corrected chi connectivity index (χ4v) is 1.19. The highest BCUT2D eigenvalue weighted by molar-refractivity contribution is 5.78. The third kappa shape index (κ3) is 3.72. The third-order valence-electron chi connectivity index (χ3n) is 2.25. The number of hydrogen-bond donors (Lipinski definition) is 2. The molecular weight excluding hydrogens is 224 g/mol. The summed E-state index contributed by atoms with van der Waals surface area (Å²) in [6, 6.07) is 6.70. The zero-order valence-corrected chi connectivity index (χ0v) is 9.84. The van der Waals surface area contributed by atoms with E-state index >= 15 is 0 Å². The monoisotopic (exact) mass is 240 g/mol. The van der Waals surface area contributed by atoms with Crippen molar-refractivity contribution in [1.29, 1.82) is 0 Å². The van der Waals surface area contributed by atoms with E-state index in [1.165, 1.54) is 14.0 Å². The van der Waals surface area contributed by atoms with Gasteiger partial charge in [0.05, 0.1) is 13.7 Å². The average Bonchev–Trinajstić information content (AvgIpc) is 2.36. The highest BCUT2D eigenvalue weighted by Crippen LogP contribution is 2.15. The van der Waals surface area contributed by atoms with Gasteiger partial charge >= 0.3 is 5.97 Å². The third-order valence-corrected chi connectivity index (χ3v) is 2.25. The molecule has 0 aliphatic heterocycles. The Morgan fingerprint density at radius 2 is 1.94 bits per heavy atom. The molecule has 2 N–H and O–H groups in total. The van der Waals surface area contributed by atoms with Crippen molar-refractivity contribution in [2.24, 2.45) is 0 Å². The van der Waals surface area contributed by atoms with Gasteiger partial charge in [-0.05, 0) is 24.6 Å². The average molecular weight is 240 g/mol. The second-order valence-corrected chi connectivity index (χ2v) is 3.86. The number of benzene rings is 1. The molecule has 0 amide bonds. The van der Waals surface area contributed by atoms with E-state index in [4.69, 9.17) is 9.84 Å². The molecule has 0 bridgehead atoms. The SMILES string of the molecule is COC(=O)C(C)(O)COc1ccc(CO)cc1. The topological polar surface area (TPSA) is 76.0 Å². The van der Waals surface area contributed by atoms with Crippen LogP contribution in [0.25, 0.3) is 0 Å². The summed E-state index contributed by atoms with van der Waals surface area (Å²) in [5.74, 6) is -0.240. The normalized spacial score (nSPS) is 13.9. The van der Waals surface area contributed by atoms with Gasteiger partial charge in [0.1, 0.15) is 12.4 Å². The van der Waals surface area contributed by atoms with E-state index in [0.717, 1.165) is 5.56 Å². The molecule has 0 aromatic heterocycles. The van der Waals surface area contributed by atoms with Crippen molar-refractivity contribution in [1.82, 2.24) is 0 Å². The number of carbonyl (C=O) groups is 1. The number of aliphatic hydroxyl groups excluding tert-OH is 1. The van der Waals surface area contributed by atoms with Crippen LogP contribution in [0.1, 0.15) is 12.5 Å². The maximum absolute atomic E-state index is 11.2. The van der Waals surface area contributed by atoms with Crippen LogP contribution < -0.4 is 4.74 Å². The Balaban J connectivity index is 2.57. The Kier molecular flexibility index (Phi) is 4.48. The molecule has 0 aliphatic rings. The lowest BCUT2D eigenvalue weighted by molar-refractivity contribution is -0.163. The lowest BCUT2D eigenvalue weighted by Crippen LogP contribution is -2.42. The molecule has 1 rings (SSSR count). The van der Waals surface area contributed by atoms with E-state index in [1.54, 1.807) is 24.3 Å². The van der Waals surface area contributed by atoms with Gasteiger partial charge in [-0.25, -0.2) is 4.79 Å². The number of methoxy groups -OCH3 is 1. The van der Waals surface area contributed by atoms with E-state index in [-0.39, 0.29) is 13.2 Å². The van der Waals surface area contributed by atoms with Crippen LogP contribution in [0.5, 0.6) is 5.75 Å². The van der Waals surface area contributed by atoms with Gasteiger partial charge in [-0.1, -0.05) is 12.1 Å². The van der Waals surface area contributed by atoms with E-state index in [1.807, 2.05) is 0 Å². The molecule has 0 saturated carbocycles. The molecule has 1 unspecified atom stereocenters. The van der Waals surface area contributed by atoms with Crippen LogP contribution in [0, 0.1) is 0 Å². The molecule has 5 nitrogen and oxygen atoms in total. The fourth-order valence-electron chi connectivity index (χ4n) is 1.19. The summed E-state index contributed by atoms with van der Waals surface area (Å²) in [5, 5.41) is 18.6. The number of hydrogen-bond acceptors (Lipinski definition) is 5. The first-order valence-electron chi connectivity index (χ1n) is 5.13. The molecule has 0 radical (unpaired) electrons. The number of rotatable bonds is 5. The zero-order chi connectivity index (χ0) is 12.9. The largest absolute Gasteiger partial charge is 0.490 e. The second-order valence-electron chi connectivity index (χ2n) is 3.86. The van der Waals surface area contributed by atoms with Gasteiger partial charge in [-0.15, -0.1) is 0 Å². The van der Waals surface area contributed by atoms with Crippen molar-refractivity contribution in [3.05, 3.63) is 29.8 Å². The Morgan fingerprint density at radius 3 is 2.41 bits per heavy atom. The summed E-state index contributed by atoms with van der Waals surface area (Å²) in [6.07, 6.45) is 0. The summed E-state index contributed by atoms with van der Waals surface area (Å²) < 4.78 is 9.70. The minimum atomic E-state index is -1.68. The first kappa shape index (κ1) is 13.5. The molecule has 5 heteroatoms. The first-order valence-corrected chi connectivity index (χ1v) is 5.13. The quantitative estimate of drug-likeness (QED) is 0.732. The number of ether oxygens (including phenoxy) is 2. The molecule has 0 spiro atoms. The van der Waals surface area contributed by atoms with Crippen LogP contribution >= 0.6 is 0 Å². The van der Waals surface area contributed by atoms with Crippen LogP contribution in [0.3, 0.4) is 0 Å². The molecule has 94 valence electrons. The fraction of sp³-hybridized carbons (Fsp3) is 0.417. The molecule has 1 aromatic carbocycles. The van der Waals surface area contributed by atoms with Crippen molar-refractivity contribution in [2.75, 3.05) is 13.7 Å². The number of esters is 1. The standard InChI is InChI=1S/C12H16O5/c1-12(15,11(14)16-2)8-17-10-5-3-9(7-13)4-6-10/h3-6,13,15H,7-8H2,1-2H3. The Hall–Kier alpha value is -1.59. The van der Waals surface area contributed by atoms with E-state index in [9.17, 15) is 9.90 Å². The molecule has 0 saturated heterocycles. The zero-order valence-electron chi connectivity index (χ0n) is 9.84. The van der Waals surface area contributed by atoms with E-state index in [0.29, 0.717) is 5.75 Å². The highest BCUT2D eigenvalue weighted by Gasteiger charge is 2.32. The van der Waals surface area contributed by atoms with Crippen molar-refractivity contribution in [3.8, 4) is 5.75 Å². The van der Waals surface area contributed by atoms with E-state index in [2.05, 4.69) is 4.74 Å². The molecule has 17 heavy (non-hydrogen) atoms. The molecule has 0 heterocycles. The van der Waals surface area contributed by atoms with E-state index < -0.39 is 11.6 Å². The van der Waals surface area contributed by atoms with Crippen LogP contribution in [0.4, 0.5) is 0 Å². The first-order chi connectivity index (χ1) is 7.99. The molecular formula is C12H16O5. The van der Waals surface area contributed by atoms with Gasteiger partial charge in [-0.2, -0.15) is 0 Å². The number of aliphatic hydroxyl groups is 2. The predicted octanol–water partition coefficient (Wildman–Crippen LogP) is 0.482. The maximum atomic E-state index is 11.2. The van der Waals surface area contributed by atoms with Crippen LogP contribution in [-0.4, -0.2) is 35.5 Å². The summed E-state index contributed by atoms with van der Waals surface area (Å²) in [6.45, 7) is 1.08. The Labute approximate surface area is 99.6 Å². The maximum Gasteiger partial charge on any atom is 0.341 e. The van der Waals surface area contributed by atoms with Gasteiger partial charge < -0.3 is 19.7 Å². The number of carbonyl (C=O) groups excluding carboxylic acids is 1. The Morgan fingerprint density at radius 1 is 1.35 bits per heavy atom. The second kappa shape index (κ2) is 5.65. The smallest absolute Gasteiger partial charge is 0.341 e. The van der Waals surface area contributed by atoms with Gasteiger partial charge in [0.2, 0.25) is 0 Å². The molecule has 0 aliphatic carbocycles. The van der Waals surface area contributed by atoms with Crippen molar-refractivity contribution in [2.45, 2.75) is 19.1 Å². The molecule has 0 fully saturated rings. The lowest BCUT2D eigenvalue weighted by Gasteiger charge is -2.20. The summed E-state index contributed by atoms with van der Waals surface area (Å²) in [4.78, 5) is 11.2. The summed E-state index contributed by atoms with van der Waals surface area (Å²) in [7, 11) is 1.20. The summed E-state index contributed by atoms with van der Waals surface area (Å²) >= 11 is 0. The minimum absolute atomic E-state index is 0.0415.